The molecule has 0 aliphatic rings. The Morgan fingerprint density at radius 2 is 0.542 bits per heavy atom. The number of nitrogens with zero attached hydrogens (tertiary/aromatic N) is 4. The quantitative estimate of drug-likeness (QED) is 0.234. The van der Waals surface area contributed by atoms with Crippen LogP contribution in [0.4, 0.5) is 0 Å². The molecule has 2 aromatic heterocycles. The molecule has 0 amide bonds. The van der Waals surface area contributed by atoms with E-state index in [1.807, 2.05) is 0 Å². The van der Waals surface area contributed by atoms with E-state index in [-0.39, 0.29) is 25.2 Å². The lowest BCUT2D eigenvalue weighted by molar-refractivity contribution is 0.537. The van der Waals surface area contributed by atoms with Crippen molar-refractivity contribution in [1.82, 2.24) is 20.4 Å². The summed E-state index contributed by atoms with van der Waals surface area (Å²) < 4.78 is 13.1. The number of hydrogen-bond acceptors (Lipinski definition) is 6. The van der Waals surface area contributed by atoms with Gasteiger partial charge in [0.1, 0.15) is 0 Å². The minimum absolute atomic E-state index is 0.215. The number of rotatable bonds is 7. The number of hydrogen-bond donors (Lipinski definition) is 0. The topological polar surface area (TPSA) is 77.8 Å². The minimum atomic E-state index is -0.252. The van der Waals surface area contributed by atoms with Crippen LogP contribution in [0.1, 0.15) is 66.8 Å². The average Bonchev–Trinajstić information content (AvgIpc) is 3.64. The van der Waals surface area contributed by atoms with Crippen molar-refractivity contribution in [3.63, 3.8) is 0 Å². The zero-order valence-corrected chi connectivity index (χ0v) is 30.4. The van der Waals surface area contributed by atoms with Gasteiger partial charge in [-0.3, -0.25) is 0 Å². The summed E-state index contributed by atoms with van der Waals surface area (Å²) in [6.45, 7) is 25.3. The maximum absolute atomic E-state index is 6.53. The van der Waals surface area contributed by atoms with Gasteiger partial charge < -0.3 is 8.83 Å². The van der Waals surface area contributed by atoms with Crippen molar-refractivity contribution in [2.75, 3.05) is 0 Å². The standard InChI is InChI=1S/C40H44B2N4O2/c1-21-13-25(5)33(26(6)14-21)41(34-27(7)15-22(2)16-28(34)8)39-45-43-37(47-39)38-44-46-40(48-38)42(35-29(9)17-23(3)18-30(35)10)36-31(11)19-24(4)20-32(36)12/h13-20H,1-12H3. The second-order valence-corrected chi connectivity index (χ2v) is 14.0. The van der Waals surface area contributed by atoms with E-state index >= 15 is 0 Å². The van der Waals surface area contributed by atoms with Gasteiger partial charge in [0.05, 0.1) is 0 Å². The van der Waals surface area contributed by atoms with Gasteiger partial charge in [-0.1, -0.05) is 137 Å². The lowest BCUT2D eigenvalue weighted by atomic mass is 9.37. The highest BCUT2D eigenvalue weighted by atomic mass is 16.4. The molecule has 0 radical (unpaired) electrons. The second kappa shape index (κ2) is 12.7. The van der Waals surface area contributed by atoms with Crippen molar-refractivity contribution in [2.45, 2.75) is 83.1 Å². The van der Waals surface area contributed by atoms with Gasteiger partial charge in [0, 0.05) is 0 Å². The van der Waals surface area contributed by atoms with Crippen LogP contribution in [0.25, 0.3) is 11.8 Å². The molecule has 242 valence electrons. The first kappa shape index (κ1) is 33.2. The van der Waals surface area contributed by atoms with Gasteiger partial charge in [-0.25, -0.2) is 0 Å². The molecule has 0 aliphatic carbocycles. The number of aromatic nitrogens is 4. The number of benzene rings is 4. The largest absolute Gasteiger partial charge is 0.426 e. The van der Waals surface area contributed by atoms with Gasteiger partial charge in [0.25, 0.3) is 0 Å². The number of aryl methyl sites for hydroxylation is 12. The van der Waals surface area contributed by atoms with E-state index in [9.17, 15) is 0 Å². The molecule has 0 unspecified atom stereocenters. The molecular formula is C40H44B2N4O2. The Morgan fingerprint density at radius 1 is 0.333 bits per heavy atom. The fraction of sp³-hybridized carbons (Fsp3) is 0.300. The summed E-state index contributed by atoms with van der Waals surface area (Å²) in [5.41, 5.74) is 19.1. The maximum Gasteiger partial charge on any atom is 0.317 e. The summed E-state index contributed by atoms with van der Waals surface area (Å²) in [5.74, 6) is 1.43. The second-order valence-electron chi connectivity index (χ2n) is 14.0. The normalized spacial score (nSPS) is 11.3. The summed E-state index contributed by atoms with van der Waals surface area (Å²) in [4.78, 5) is 0. The minimum Gasteiger partial charge on any atom is -0.426 e. The monoisotopic (exact) mass is 634 g/mol. The van der Waals surface area contributed by atoms with Crippen LogP contribution < -0.4 is 33.4 Å². The molecular weight excluding hydrogens is 590 g/mol. The molecule has 0 bridgehead atoms. The van der Waals surface area contributed by atoms with E-state index in [1.54, 1.807) is 0 Å². The Kier molecular flexibility index (Phi) is 8.80. The highest BCUT2D eigenvalue weighted by Gasteiger charge is 2.36. The predicted molar refractivity (Wildman–Crippen MR) is 200 cm³/mol. The van der Waals surface area contributed by atoms with E-state index in [0.717, 1.165) is 0 Å². The van der Waals surface area contributed by atoms with Gasteiger partial charge >= 0.3 is 25.2 Å². The van der Waals surface area contributed by atoms with E-state index in [1.165, 1.54) is 88.6 Å². The third kappa shape index (κ3) is 6.05. The van der Waals surface area contributed by atoms with Crippen molar-refractivity contribution >= 4 is 46.9 Å². The zero-order valence-electron chi connectivity index (χ0n) is 30.4. The van der Waals surface area contributed by atoms with Crippen molar-refractivity contribution in [3.05, 3.63) is 115 Å². The van der Waals surface area contributed by atoms with E-state index in [2.05, 4.69) is 152 Å². The smallest absolute Gasteiger partial charge is 0.317 e. The van der Waals surface area contributed by atoms with Gasteiger partial charge in [-0.05, 0) is 83.1 Å². The Morgan fingerprint density at radius 3 is 0.750 bits per heavy atom. The van der Waals surface area contributed by atoms with Crippen LogP contribution in [0.3, 0.4) is 0 Å². The SMILES string of the molecule is Cc1cc(C)c(B(c2nnc(-c3nnc(B(c4c(C)cc(C)cc4C)c4c(C)cc(C)cc4C)o3)o2)c2c(C)cc(C)cc2C)c(C)c1. The first-order valence-electron chi connectivity index (χ1n) is 16.7. The summed E-state index contributed by atoms with van der Waals surface area (Å²) in [5, 5.41) is 18.3. The molecule has 0 saturated heterocycles. The van der Waals surface area contributed by atoms with Crippen LogP contribution in [0, 0.1) is 83.1 Å². The molecule has 0 fully saturated rings. The molecule has 6 rings (SSSR count). The zero-order chi connectivity index (χ0) is 34.6. The van der Waals surface area contributed by atoms with Crippen molar-refractivity contribution < 1.29 is 8.83 Å². The molecule has 0 atom stereocenters. The molecule has 8 heteroatoms. The molecule has 4 aromatic carbocycles. The van der Waals surface area contributed by atoms with Crippen LogP contribution in [0.2, 0.25) is 0 Å². The predicted octanol–water partition coefficient (Wildman–Crippen LogP) is 4.85. The Hall–Kier alpha value is -4.71. The van der Waals surface area contributed by atoms with Crippen LogP contribution in [-0.4, -0.2) is 33.8 Å². The summed E-state index contributed by atoms with van der Waals surface area (Å²) >= 11 is 0. The maximum atomic E-state index is 6.53. The van der Waals surface area contributed by atoms with Gasteiger partial charge in [0.15, 0.2) is 11.6 Å². The van der Waals surface area contributed by atoms with Crippen molar-refractivity contribution in [2.24, 2.45) is 0 Å². The fourth-order valence-electron chi connectivity index (χ4n) is 8.24. The Labute approximate surface area is 285 Å². The van der Waals surface area contributed by atoms with Crippen LogP contribution >= 0.6 is 0 Å². The fourth-order valence-corrected chi connectivity index (χ4v) is 8.24. The molecule has 6 nitrogen and oxygen atoms in total. The Bertz CT molecular complexity index is 1830. The molecule has 2 heterocycles. The van der Waals surface area contributed by atoms with E-state index < -0.39 is 0 Å². The summed E-state index contributed by atoms with van der Waals surface area (Å²) in [6.07, 6.45) is 0. The lowest BCUT2D eigenvalue weighted by Gasteiger charge is -2.21. The lowest BCUT2D eigenvalue weighted by Crippen LogP contribution is -2.56. The highest BCUT2D eigenvalue weighted by Crippen LogP contribution is 2.17. The first-order chi connectivity index (χ1) is 22.7. The molecule has 0 N–H and O–H groups in total. The molecule has 0 aliphatic heterocycles. The molecule has 0 saturated carbocycles. The highest BCUT2D eigenvalue weighted by molar-refractivity contribution is 6.96. The third-order valence-corrected chi connectivity index (χ3v) is 9.66. The molecule has 48 heavy (non-hydrogen) atoms. The molecule has 0 spiro atoms. The van der Waals surface area contributed by atoms with Crippen LogP contribution in [0.15, 0.2) is 57.4 Å². The van der Waals surface area contributed by atoms with Crippen molar-refractivity contribution in [3.8, 4) is 11.8 Å². The Balaban J connectivity index is 1.50. The van der Waals surface area contributed by atoms with Gasteiger partial charge in [-0.15, -0.1) is 20.4 Å². The van der Waals surface area contributed by atoms with Gasteiger partial charge in [0.2, 0.25) is 0 Å². The summed E-state index contributed by atoms with van der Waals surface area (Å²) in [7, 11) is 0. The first-order valence-corrected chi connectivity index (χ1v) is 16.7. The van der Waals surface area contributed by atoms with E-state index in [0.29, 0.717) is 11.6 Å². The van der Waals surface area contributed by atoms with Crippen LogP contribution in [-0.2, 0) is 0 Å². The summed E-state index contributed by atoms with van der Waals surface area (Å²) in [6, 6.07) is 17.8. The van der Waals surface area contributed by atoms with Crippen LogP contribution in [0.5, 0.6) is 0 Å². The third-order valence-electron chi connectivity index (χ3n) is 9.66. The molecule has 6 aromatic rings. The van der Waals surface area contributed by atoms with Gasteiger partial charge in [-0.2, -0.15) is 0 Å². The van der Waals surface area contributed by atoms with Crippen molar-refractivity contribution in [1.29, 1.82) is 0 Å². The average molecular weight is 634 g/mol. The van der Waals surface area contributed by atoms with E-state index in [4.69, 9.17) is 8.83 Å².